The number of benzene rings is 1. The smallest absolute Gasteiger partial charge is 0.177 e. The van der Waals surface area contributed by atoms with E-state index in [4.69, 9.17) is 0 Å². The Labute approximate surface area is 117 Å². The van der Waals surface area contributed by atoms with Crippen molar-refractivity contribution in [2.45, 2.75) is 26.2 Å². The average Bonchev–Trinajstić information content (AvgIpc) is 3.13. The highest BCUT2D eigenvalue weighted by molar-refractivity contribution is 9.10. The molecule has 0 bridgehead atoms. The van der Waals surface area contributed by atoms with Gasteiger partial charge in [0.2, 0.25) is 0 Å². The first-order chi connectivity index (χ1) is 8.70. The van der Waals surface area contributed by atoms with Gasteiger partial charge in [0.05, 0.1) is 6.54 Å². The molecule has 0 heterocycles. The second-order valence-corrected chi connectivity index (χ2v) is 5.94. The molecule has 0 aliphatic heterocycles. The van der Waals surface area contributed by atoms with Crippen molar-refractivity contribution in [2.75, 3.05) is 19.6 Å². The van der Waals surface area contributed by atoms with Gasteiger partial charge in [-0.3, -0.25) is 9.69 Å². The Balaban J connectivity index is 1.97. The molecule has 0 amide bonds. The fourth-order valence-corrected chi connectivity index (χ4v) is 2.70. The number of nitrogens with zero attached hydrogens (tertiary/aromatic N) is 1. The zero-order valence-corrected chi connectivity index (χ0v) is 12.4. The Bertz CT molecular complexity index is 415. The summed E-state index contributed by atoms with van der Waals surface area (Å²) in [6.45, 7) is 4.83. The number of carbonyl (C=O) groups excluding carboxylic acids is 1. The molecule has 2 rings (SSSR count). The van der Waals surface area contributed by atoms with Gasteiger partial charge in [-0.2, -0.15) is 0 Å². The summed E-state index contributed by atoms with van der Waals surface area (Å²) in [5.41, 5.74) is 0.800. The van der Waals surface area contributed by atoms with Crippen LogP contribution in [-0.4, -0.2) is 30.3 Å². The number of Topliss-reactive ketones (excluding diaryl/α,β-unsaturated/α-hetero) is 1. The van der Waals surface area contributed by atoms with Crippen molar-refractivity contribution in [3.63, 3.8) is 0 Å². The summed E-state index contributed by atoms with van der Waals surface area (Å²) in [5, 5.41) is 0. The highest BCUT2D eigenvalue weighted by atomic mass is 79.9. The molecule has 1 aromatic rings. The van der Waals surface area contributed by atoms with Gasteiger partial charge in [-0.1, -0.05) is 41.1 Å². The molecule has 1 aromatic carbocycles. The maximum atomic E-state index is 12.3. The molecule has 98 valence electrons. The zero-order valence-electron chi connectivity index (χ0n) is 10.9. The lowest BCUT2D eigenvalue weighted by Gasteiger charge is -2.20. The van der Waals surface area contributed by atoms with Crippen molar-refractivity contribution in [2.24, 2.45) is 5.92 Å². The number of carbonyl (C=O) groups is 1. The number of ketones is 1. The van der Waals surface area contributed by atoms with Crippen molar-refractivity contribution in [1.82, 2.24) is 4.90 Å². The summed E-state index contributed by atoms with van der Waals surface area (Å²) in [4.78, 5) is 14.6. The van der Waals surface area contributed by atoms with Crippen LogP contribution in [-0.2, 0) is 0 Å². The van der Waals surface area contributed by atoms with E-state index in [2.05, 4.69) is 27.8 Å². The lowest BCUT2D eigenvalue weighted by molar-refractivity contribution is 0.0926. The van der Waals surface area contributed by atoms with Crippen molar-refractivity contribution in [3.05, 3.63) is 34.3 Å². The van der Waals surface area contributed by atoms with Crippen molar-refractivity contribution in [1.29, 1.82) is 0 Å². The molecule has 0 saturated heterocycles. The number of hydrogen-bond acceptors (Lipinski definition) is 2. The van der Waals surface area contributed by atoms with E-state index in [-0.39, 0.29) is 5.78 Å². The first-order valence-electron chi connectivity index (χ1n) is 6.70. The molecule has 1 aliphatic carbocycles. The quantitative estimate of drug-likeness (QED) is 0.715. The highest BCUT2D eigenvalue weighted by Crippen LogP contribution is 2.29. The van der Waals surface area contributed by atoms with E-state index in [1.807, 2.05) is 24.3 Å². The fourth-order valence-electron chi connectivity index (χ4n) is 2.19. The minimum atomic E-state index is 0.219. The molecule has 3 heteroatoms. The molecule has 0 spiro atoms. The fraction of sp³-hybridized carbons (Fsp3) is 0.533. The summed E-state index contributed by atoms with van der Waals surface area (Å²) in [5.74, 6) is 1.06. The minimum Gasteiger partial charge on any atom is -0.296 e. The van der Waals surface area contributed by atoms with E-state index in [1.165, 1.54) is 12.8 Å². The molecule has 1 saturated carbocycles. The Kier molecular flexibility index (Phi) is 4.95. The van der Waals surface area contributed by atoms with Crippen LogP contribution in [0, 0.1) is 5.92 Å². The standard InChI is InChI=1S/C15H20BrNO/c1-2-9-17(10-12-7-8-12)11-15(18)13-5-3-4-6-14(13)16/h3-6,12H,2,7-11H2,1H3. The minimum absolute atomic E-state index is 0.219. The van der Waals surface area contributed by atoms with Crippen molar-refractivity contribution >= 4 is 21.7 Å². The van der Waals surface area contributed by atoms with E-state index >= 15 is 0 Å². The maximum Gasteiger partial charge on any atom is 0.177 e. The maximum absolute atomic E-state index is 12.3. The van der Waals surface area contributed by atoms with Gasteiger partial charge in [-0.05, 0) is 37.8 Å². The van der Waals surface area contributed by atoms with Crippen LogP contribution in [0.3, 0.4) is 0 Å². The normalized spacial score (nSPS) is 15.1. The van der Waals surface area contributed by atoms with Crippen LogP contribution in [0.1, 0.15) is 36.5 Å². The number of hydrogen-bond donors (Lipinski definition) is 0. The predicted octanol–water partition coefficient (Wildman–Crippen LogP) is 3.75. The van der Waals surface area contributed by atoms with E-state index in [0.29, 0.717) is 6.54 Å². The zero-order chi connectivity index (χ0) is 13.0. The lowest BCUT2D eigenvalue weighted by atomic mass is 10.1. The molecular formula is C15H20BrNO. The molecule has 1 aliphatic rings. The molecule has 0 unspecified atom stereocenters. The van der Waals surface area contributed by atoms with Crippen LogP contribution in [0.15, 0.2) is 28.7 Å². The summed E-state index contributed by atoms with van der Waals surface area (Å²) >= 11 is 3.45. The summed E-state index contributed by atoms with van der Waals surface area (Å²) < 4.78 is 0.901. The summed E-state index contributed by atoms with van der Waals surface area (Å²) in [6.07, 6.45) is 3.78. The van der Waals surface area contributed by atoms with Gasteiger partial charge >= 0.3 is 0 Å². The SMILES string of the molecule is CCCN(CC(=O)c1ccccc1Br)CC1CC1. The highest BCUT2D eigenvalue weighted by Gasteiger charge is 2.25. The number of rotatable bonds is 7. The van der Waals surface area contributed by atoms with Gasteiger partial charge in [0, 0.05) is 16.6 Å². The molecule has 0 N–H and O–H groups in total. The molecule has 18 heavy (non-hydrogen) atoms. The monoisotopic (exact) mass is 309 g/mol. The average molecular weight is 310 g/mol. The molecule has 0 atom stereocenters. The van der Waals surface area contributed by atoms with Gasteiger partial charge in [-0.25, -0.2) is 0 Å². The summed E-state index contributed by atoms with van der Waals surface area (Å²) in [6, 6.07) is 7.68. The summed E-state index contributed by atoms with van der Waals surface area (Å²) in [7, 11) is 0. The Hall–Kier alpha value is -0.670. The first-order valence-corrected chi connectivity index (χ1v) is 7.50. The molecule has 2 nitrogen and oxygen atoms in total. The predicted molar refractivity (Wildman–Crippen MR) is 77.9 cm³/mol. The third kappa shape index (κ3) is 3.92. The van der Waals surface area contributed by atoms with Crippen molar-refractivity contribution in [3.8, 4) is 0 Å². The molecule has 1 fully saturated rings. The second-order valence-electron chi connectivity index (χ2n) is 5.08. The van der Waals surface area contributed by atoms with E-state index < -0.39 is 0 Å². The van der Waals surface area contributed by atoms with Crippen LogP contribution in [0.4, 0.5) is 0 Å². The van der Waals surface area contributed by atoms with Gasteiger partial charge in [0.15, 0.2) is 5.78 Å². The van der Waals surface area contributed by atoms with E-state index in [9.17, 15) is 4.79 Å². The first kappa shape index (κ1) is 13.8. The lowest BCUT2D eigenvalue weighted by Crippen LogP contribution is -2.32. The Morgan fingerprint density at radius 3 is 2.72 bits per heavy atom. The second kappa shape index (κ2) is 6.48. The van der Waals surface area contributed by atoms with Gasteiger partial charge in [0.1, 0.15) is 0 Å². The van der Waals surface area contributed by atoms with Crippen molar-refractivity contribution < 1.29 is 4.79 Å². The van der Waals surface area contributed by atoms with Gasteiger partial charge in [0.25, 0.3) is 0 Å². The van der Waals surface area contributed by atoms with Crippen LogP contribution < -0.4 is 0 Å². The van der Waals surface area contributed by atoms with E-state index in [0.717, 1.165) is 35.5 Å². The topological polar surface area (TPSA) is 20.3 Å². The Morgan fingerprint density at radius 2 is 2.11 bits per heavy atom. The van der Waals surface area contributed by atoms with E-state index in [1.54, 1.807) is 0 Å². The van der Waals surface area contributed by atoms with Crippen LogP contribution in [0.5, 0.6) is 0 Å². The van der Waals surface area contributed by atoms with Crippen LogP contribution >= 0.6 is 15.9 Å². The van der Waals surface area contributed by atoms with Gasteiger partial charge in [-0.15, -0.1) is 0 Å². The third-order valence-electron chi connectivity index (χ3n) is 3.29. The molecular weight excluding hydrogens is 290 g/mol. The third-order valence-corrected chi connectivity index (χ3v) is 3.99. The molecule has 0 radical (unpaired) electrons. The molecule has 0 aromatic heterocycles. The van der Waals surface area contributed by atoms with Crippen LogP contribution in [0.25, 0.3) is 0 Å². The largest absolute Gasteiger partial charge is 0.296 e. The number of halogens is 1. The Morgan fingerprint density at radius 1 is 1.39 bits per heavy atom. The van der Waals surface area contributed by atoms with Gasteiger partial charge < -0.3 is 0 Å². The van der Waals surface area contributed by atoms with Crippen LogP contribution in [0.2, 0.25) is 0 Å².